The summed E-state index contributed by atoms with van der Waals surface area (Å²) in [5.74, 6) is -0.966. The van der Waals surface area contributed by atoms with Crippen molar-refractivity contribution in [2.24, 2.45) is 5.73 Å². The second-order valence-electron chi connectivity index (χ2n) is 10.8. The average Bonchev–Trinajstić information content (AvgIpc) is 3.68. The molecular weight excluding hydrogens is 659 g/mol. The number of rotatable bonds is 10. The zero-order chi connectivity index (χ0) is 31.4. The van der Waals surface area contributed by atoms with Gasteiger partial charge in [0.1, 0.15) is 23.7 Å². The smallest absolute Gasteiger partial charge is 0.325 e. The molecule has 0 radical (unpaired) electrons. The number of carbonyl (C=O) groups excluding carboxylic acids is 1. The fraction of sp³-hybridized carbons (Fsp3) is 0.242. The number of hydrogen-bond donors (Lipinski definition) is 2. The number of hydrogen-bond acceptors (Lipinski definition) is 8. The number of thiazole rings is 1. The Labute approximate surface area is 275 Å². The van der Waals surface area contributed by atoms with Gasteiger partial charge in [-0.3, -0.25) is 4.79 Å². The standard InChI is InChI=1S/C33H32FN6O3S.BrH/c1-21-11-25(12-22(2)31(21)43-30(41)15-36)16-39-19-37-40(20-39)18-33(42,27-5-4-6-28(34)13-27)23(3)32-38-29(17-44-32)26-9-7-24(14-35)8-10-26;/h4-13,17,19-20,23,42H,15-16,18,36H2,1-3H3;1H/q+1;/p-1/t23-,33+;/m0./s1. The maximum atomic E-state index is 14.4. The van der Waals surface area contributed by atoms with E-state index in [-0.39, 0.29) is 30.1 Å². The van der Waals surface area contributed by atoms with Gasteiger partial charge < -0.3 is 32.6 Å². The van der Waals surface area contributed by atoms with E-state index in [1.165, 1.54) is 23.5 Å². The van der Waals surface area contributed by atoms with Crippen LogP contribution in [0.5, 0.6) is 5.75 Å². The molecule has 0 aliphatic rings. The molecular formula is C33H32BrFN6O3S. The number of nitrogens with two attached hydrogens (primary N) is 1. The van der Waals surface area contributed by atoms with Crippen molar-refractivity contribution in [1.29, 1.82) is 5.26 Å². The van der Waals surface area contributed by atoms with E-state index in [4.69, 9.17) is 20.7 Å². The highest BCUT2D eigenvalue weighted by molar-refractivity contribution is 7.10. The van der Waals surface area contributed by atoms with E-state index in [0.29, 0.717) is 28.4 Å². The molecule has 0 saturated heterocycles. The number of carbonyl (C=O) groups is 1. The molecule has 0 aliphatic carbocycles. The van der Waals surface area contributed by atoms with Crippen molar-refractivity contribution in [1.82, 2.24) is 14.8 Å². The first-order valence-corrected chi connectivity index (χ1v) is 14.8. The molecule has 5 aromatic rings. The molecule has 12 heteroatoms. The molecule has 0 bridgehead atoms. The van der Waals surface area contributed by atoms with Crippen molar-refractivity contribution < 1.29 is 40.6 Å². The van der Waals surface area contributed by atoms with Gasteiger partial charge in [-0.15, -0.1) is 16.0 Å². The third-order valence-electron chi connectivity index (χ3n) is 7.54. The first-order valence-electron chi connectivity index (χ1n) is 14.0. The Morgan fingerprint density at radius 2 is 1.91 bits per heavy atom. The minimum Gasteiger partial charge on any atom is -1.00 e. The maximum Gasteiger partial charge on any atom is 0.325 e. The highest BCUT2D eigenvalue weighted by Gasteiger charge is 2.41. The molecule has 3 N–H and O–H groups in total. The number of benzene rings is 3. The highest BCUT2D eigenvalue weighted by Crippen LogP contribution is 2.40. The van der Waals surface area contributed by atoms with Gasteiger partial charge in [-0.1, -0.05) is 31.2 Å². The number of aryl methyl sites for hydroxylation is 2. The minimum atomic E-state index is -1.55. The van der Waals surface area contributed by atoms with Gasteiger partial charge in [-0.25, -0.2) is 13.9 Å². The Hall–Kier alpha value is -4.28. The van der Waals surface area contributed by atoms with Gasteiger partial charge in [-0.2, -0.15) is 5.26 Å². The number of aromatic nitrogens is 4. The van der Waals surface area contributed by atoms with E-state index in [9.17, 15) is 14.3 Å². The molecule has 0 amide bonds. The number of esters is 1. The zero-order valence-electron chi connectivity index (χ0n) is 24.9. The van der Waals surface area contributed by atoms with Crippen LogP contribution < -0.4 is 32.0 Å². The Morgan fingerprint density at radius 3 is 2.56 bits per heavy atom. The number of aliphatic hydroxyl groups is 1. The fourth-order valence-electron chi connectivity index (χ4n) is 5.21. The van der Waals surface area contributed by atoms with Crippen molar-refractivity contribution in [2.45, 2.75) is 45.4 Å². The Bertz CT molecular complexity index is 1830. The summed E-state index contributed by atoms with van der Waals surface area (Å²) in [5, 5.41) is 28.5. The second kappa shape index (κ2) is 14.2. The lowest BCUT2D eigenvalue weighted by atomic mass is 9.82. The Kier molecular flexibility index (Phi) is 10.6. The molecule has 0 spiro atoms. The summed E-state index contributed by atoms with van der Waals surface area (Å²) >= 11 is 1.41. The van der Waals surface area contributed by atoms with Crippen molar-refractivity contribution in [3.63, 3.8) is 0 Å². The molecule has 2 aromatic heterocycles. The summed E-state index contributed by atoms with van der Waals surface area (Å²) in [6.45, 7) is 5.94. The SMILES string of the molecule is Cc1cc(C[n+]2cnn(C[C@](O)(c3cccc(F)c3)[C@@H](C)c3nc(-c4ccc(C#N)cc4)cs3)c2)cc(C)c1OC(=O)CN.[Br-]. The molecule has 2 atom stereocenters. The average molecular weight is 692 g/mol. The Morgan fingerprint density at radius 1 is 1.20 bits per heavy atom. The van der Waals surface area contributed by atoms with Gasteiger partial charge in [0.15, 0.2) is 0 Å². The first-order chi connectivity index (χ1) is 21.1. The summed E-state index contributed by atoms with van der Waals surface area (Å²) in [4.78, 5) is 16.5. The minimum absolute atomic E-state index is 0. The van der Waals surface area contributed by atoms with Crippen LogP contribution >= 0.6 is 11.3 Å². The lowest BCUT2D eigenvalue weighted by molar-refractivity contribution is -0.689. The van der Waals surface area contributed by atoms with Gasteiger partial charge in [0, 0.05) is 22.0 Å². The predicted molar refractivity (Wildman–Crippen MR) is 163 cm³/mol. The summed E-state index contributed by atoms with van der Waals surface area (Å²) in [5.41, 5.74) is 9.01. The van der Waals surface area contributed by atoms with Crippen LogP contribution in [-0.4, -0.2) is 32.4 Å². The first kappa shape index (κ1) is 33.6. The molecule has 45 heavy (non-hydrogen) atoms. The van der Waals surface area contributed by atoms with E-state index < -0.39 is 23.3 Å². The van der Waals surface area contributed by atoms with Gasteiger partial charge in [0.2, 0.25) is 6.33 Å². The van der Waals surface area contributed by atoms with Gasteiger partial charge in [-0.05, 0) is 72.5 Å². The number of ether oxygens (including phenoxy) is 1. The lowest BCUT2D eigenvalue weighted by Crippen LogP contribution is -3.00. The summed E-state index contributed by atoms with van der Waals surface area (Å²) in [7, 11) is 0. The molecule has 0 unspecified atom stereocenters. The predicted octanol–water partition coefficient (Wildman–Crippen LogP) is 1.53. The number of halogens is 2. The van der Waals surface area contributed by atoms with Crippen LogP contribution in [0.1, 0.15) is 45.7 Å². The van der Waals surface area contributed by atoms with Crippen molar-refractivity contribution in [2.75, 3.05) is 6.54 Å². The van der Waals surface area contributed by atoms with Crippen LogP contribution in [0.2, 0.25) is 0 Å². The van der Waals surface area contributed by atoms with Crippen LogP contribution in [0.25, 0.3) is 11.3 Å². The van der Waals surface area contributed by atoms with E-state index in [2.05, 4.69) is 11.2 Å². The molecule has 9 nitrogen and oxygen atoms in total. The third kappa shape index (κ3) is 7.51. The molecule has 5 rings (SSSR count). The van der Waals surface area contributed by atoms with Gasteiger partial charge in [0.05, 0.1) is 35.4 Å². The molecule has 0 aliphatic heterocycles. The molecule has 0 fully saturated rings. The monoisotopic (exact) mass is 690 g/mol. The number of nitrogens with zero attached hydrogens (tertiary/aromatic N) is 5. The van der Waals surface area contributed by atoms with Gasteiger partial charge in [0.25, 0.3) is 6.33 Å². The lowest BCUT2D eigenvalue weighted by Gasteiger charge is -2.31. The molecule has 2 heterocycles. The summed E-state index contributed by atoms with van der Waals surface area (Å²) in [6.07, 6.45) is 3.45. The van der Waals surface area contributed by atoms with E-state index in [0.717, 1.165) is 27.9 Å². The molecule has 3 aromatic carbocycles. The third-order valence-corrected chi connectivity index (χ3v) is 8.57. The zero-order valence-corrected chi connectivity index (χ0v) is 27.3. The van der Waals surface area contributed by atoms with Crippen LogP contribution in [-0.2, 0) is 23.5 Å². The van der Waals surface area contributed by atoms with Crippen molar-refractivity contribution in [3.8, 4) is 23.1 Å². The molecule has 232 valence electrons. The van der Waals surface area contributed by atoms with E-state index in [1.807, 2.05) is 55.0 Å². The Balaban J connectivity index is 0.00000461. The summed E-state index contributed by atoms with van der Waals surface area (Å²) < 4.78 is 23.3. The normalized spacial score (nSPS) is 12.9. The van der Waals surface area contributed by atoms with Crippen LogP contribution in [0.15, 0.2) is 78.7 Å². The van der Waals surface area contributed by atoms with Crippen LogP contribution in [0.3, 0.4) is 0 Å². The quantitative estimate of drug-likeness (QED) is 0.129. The van der Waals surface area contributed by atoms with Gasteiger partial charge >= 0.3 is 5.97 Å². The number of nitriles is 1. The van der Waals surface area contributed by atoms with Crippen LogP contribution in [0.4, 0.5) is 4.39 Å². The van der Waals surface area contributed by atoms with Crippen molar-refractivity contribution in [3.05, 3.63) is 117 Å². The maximum absolute atomic E-state index is 14.4. The highest BCUT2D eigenvalue weighted by atomic mass is 79.9. The van der Waals surface area contributed by atoms with E-state index >= 15 is 0 Å². The van der Waals surface area contributed by atoms with Crippen LogP contribution in [0, 0.1) is 31.0 Å². The largest absolute Gasteiger partial charge is 1.00 e. The van der Waals surface area contributed by atoms with E-state index in [1.54, 1.807) is 41.6 Å². The fourth-order valence-corrected chi connectivity index (χ4v) is 6.18. The second-order valence-corrected chi connectivity index (χ2v) is 11.7. The topological polar surface area (TPSA) is 131 Å². The molecule has 0 saturated carbocycles. The van der Waals surface area contributed by atoms with Crippen molar-refractivity contribution >= 4 is 17.3 Å². The summed E-state index contributed by atoms with van der Waals surface area (Å²) in [6, 6.07) is 19.1.